The molecule has 0 radical (unpaired) electrons. The summed E-state index contributed by atoms with van der Waals surface area (Å²) >= 11 is 0. The van der Waals surface area contributed by atoms with Crippen LogP contribution in [0.5, 0.6) is 5.75 Å². The quantitative estimate of drug-likeness (QED) is 0.735. The van der Waals surface area contributed by atoms with Crippen molar-refractivity contribution in [2.24, 2.45) is 0 Å². The Morgan fingerprint density at radius 3 is 2.82 bits per heavy atom. The van der Waals surface area contributed by atoms with Crippen molar-refractivity contribution in [3.05, 3.63) is 29.3 Å². The van der Waals surface area contributed by atoms with E-state index in [1.807, 2.05) is 19.1 Å². The number of hydrogen-bond acceptors (Lipinski definition) is 3. The lowest BCUT2D eigenvalue weighted by atomic mass is 10.1. The molecule has 1 aromatic carbocycles. The fourth-order valence-corrected chi connectivity index (χ4v) is 1.53. The van der Waals surface area contributed by atoms with Crippen LogP contribution < -0.4 is 10.1 Å². The van der Waals surface area contributed by atoms with E-state index in [0.717, 1.165) is 12.0 Å². The Kier molecular flexibility index (Phi) is 5.49. The SMILES string of the molecule is CCc1ccc(OC)c(C(=O)NCCCO)c1. The minimum absolute atomic E-state index is 0.0758. The maximum atomic E-state index is 11.9. The Bertz CT molecular complexity index is 377. The van der Waals surface area contributed by atoms with Crippen molar-refractivity contribution in [3.63, 3.8) is 0 Å². The highest BCUT2D eigenvalue weighted by atomic mass is 16.5. The monoisotopic (exact) mass is 237 g/mol. The standard InChI is InChI=1S/C13H19NO3/c1-3-10-5-6-12(17-2)11(9-10)13(16)14-7-4-8-15/h5-6,9,15H,3-4,7-8H2,1-2H3,(H,14,16). The maximum absolute atomic E-state index is 11.9. The first-order valence-corrected chi connectivity index (χ1v) is 5.78. The predicted molar refractivity (Wildman–Crippen MR) is 66.4 cm³/mol. The number of rotatable bonds is 6. The lowest BCUT2D eigenvalue weighted by Gasteiger charge is -2.10. The van der Waals surface area contributed by atoms with Crippen molar-refractivity contribution in [1.29, 1.82) is 0 Å². The van der Waals surface area contributed by atoms with Gasteiger partial charge in [0.05, 0.1) is 12.7 Å². The summed E-state index contributed by atoms with van der Waals surface area (Å²) in [5.41, 5.74) is 1.64. The number of carbonyl (C=O) groups excluding carboxylic acids is 1. The number of nitrogens with one attached hydrogen (secondary N) is 1. The van der Waals surface area contributed by atoms with Crippen LogP contribution in [0.25, 0.3) is 0 Å². The third-order valence-corrected chi connectivity index (χ3v) is 2.54. The van der Waals surface area contributed by atoms with E-state index in [1.165, 1.54) is 0 Å². The molecule has 2 N–H and O–H groups in total. The van der Waals surface area contributed by atoms with Crippen molar-refractivity contribution >= 4 is 5.91 Å². The first kappa shape index (κ1) is 13.5. The van der Waals surface area contributed by atoms with E-state index in [4.69, 9.17) is 9.84 Å². The molecule has 0 saturated carbocycles. The second kappa shape index (κ2) is 6.91. The van der Waals surface area contributed by atoms with Crippen LogP contribution in [0.2, 0.25) is 0 Å². The van der Waals surface area contributed by atoms with E-state index in [2.05, 4.69) is 5.32 Å². The zero-order valence-electron chi connectivity index (χ0n) is 10.3. The van der Waals surface area contributed by atoms with Gasteiger partial charge in [-0.2, -0.15) is 0 Å². The Labute approximate surface area is 102 Å². The lowest BCUT2D eigenvalue weighted by Crippen LogP contribution is -2.25. The van der Waals surface area contributed by atoms with Gasteiger partial charge in [0.15, 0.2) is 0 Å². The molecule has 1 rings (SSSR count). The Morgan fingerprint density at radius 2 is 2.24 bits per heavy atom. The molecule has 0 fully saturated rings. The number of amides is 1. The van der Waals surface area contributed by atoms with Gasteiger partial charge in [-0.15, -0.1) is 0 Å². The maximum Gasteiger partial charge on any atom is 0.255 e. The summed E-state index contributed by atoms with van der Waals surface area (Å²) in [5, 5.41) is 11.4. The van der Waals surface area contributed by atoms with Gasteiger partial charge in [0, 0.05) is 13.2 Å². The average Bonchev–Trinajstić information content (AvgIpc) is 2.38. The van der Waals surface area contributed by atoms with Crippen LogP contribution >= 0.6 is 0 Å². The molecule has 0 aliphatic heterocycles. The smallest absolute Gasteiger partial charge is 0.255 e. The van der Waals surface area contributed by atoms with Crippen LogP contribution in [0.1, 0.15) is 29.3 Å². The van der Waals surface area contributed by atoms with E-state index >= 15 is 0 Å². The second-order valence-electron chi connectivity index (χ2n) is 3.72. The zero-order chi connectivity index (χ0) is 12.7. The van der Waals surface area contributed by atoms with Gasteiger partial charge in [-0.05, 0) is 30.5 Å². The summed E-state index contributed by atoms with van der Waals surface area (Å²) in [6.45, 7) is 2.58. The highest BCUT2D eigenvalue weighted by Gasteiger charge is 2.12. The van der Waals surface area contributed by atoms with Gasteiger partial charge in [0.1, 0.15) is 5.75 Å². The van der Waals surface area contributed by atoms with Gasteiger partial charge in [-0.1, -0.05) is 13.0 Å². The fraction of sp³-hybridized carbons (Fsp3) is 0.462. The number of aryl methyl sites for hydroxylation is 1. The average molecular weight is 237 g/mol. The molecule has 0 aromatic heterocycles. The predicted octanol–water partition coefficient (Wildman–Crippen LogP) is 1.37. The summed E-state index contributed by atoms with van der Waals surface area (Å²) in [5.74, 6) is 0.411. The molecule has 4 nitrogen and oxygen atoms in total. The third kappa shape index (κ3) is 3.75. The van der Waals surface area contributed by atoms with Crippen molar-refractivity contribution in [2.75, 3.05) is 20.3 Å². The van der Waals surface area contributed by atoms with E-state index in [-0.39, 0.29) is 12.5 Å². The van der Waals surface area contributed by atoms with Crippen molar-refractivity contribution < 1.29 is 14.6 Å². The highest BCUT2D eigenvalue weighted by Crippen LogP contribution is 2.20. The molecule has 4 heteroatoms. The Balaban J connectivity index is 2.82. The Morgan fingerprint density at radius 1 is 1.47 bits per heavy atom. The largest absolute Gasteiger partial charge is 0.496 e. The number of aliphatic hydroxyl groups excluding tert-OH is 1. The fourth-order valence-electron chi connectivity index (χ4n) is 1.53. The molecule has 0 aliphatic carbocycles. The number of carbonyl (C=O) groups is 1. The summed E-state index contributed by atoms with van der Waals surface area (Å²) < 4.78 is 5.16. The van der Waals surface area contributed by atoms with E-state index in [0.29, 0.717) is 24.3 Å². The molecular formula is C13H19NO3. The van der Waals surface area contributed by atoms with Crippen molar-refractivity contribution in [1.82, 2.24) is 5.32 Å². The normalized spacial score (nSPS) is 10.1. The number of ether oxygens (including phenoxy) is 1. The van der Waals surface area contributed by atoms with E-state index < -0.39 is 0 Å². The first-order chi connectivity index (χ1) is 8.22. The number of benzene rings is 1. The van der Waals surface area contributed by atoms with Crippen molar-refractivity contribution in [2.45, 2.75) is 19.8 Å². The molecular weight excluding hydrogens is 218 g/mol. The van der Waals surface area contributed by atoms with E-state index in [1.54, 1.807) is 13.2 Å². The number of hydrogen-bond donors (Lipinski definition) is 2. The zero-order valence-corrected chi connectivity index (χ0v) is 10.3. The summed E-state index contributed by atoms with van der Waals surface area (Å²) in [6, 6.07) is 5.59. The molecule has 0 aliphatic rings. The molecule has 94 valence electrons. The van der Waals surface area contributed by atoms with Gasteiger partial charge < -0.3 is 15.2 Å². The molecule has 0 bridgehead atoms. The van der Waals surface area contributed by atoms with Crippen molar-refractivity contribution in [3.8, 4) is 5.75 Å². The van der Waals surface area contributed by atoms with Gasteiger partial charge in [0.25, 0.3) is 5.91 Å². The molecule has 1 aromatic rings. The second-order valence-corrected chi connectivity index (χ2v) is 3.72. The summed E-state index contributed by atoms with van der Waals surface area (Å²) in [4.78, 5) is 11.9. The molecule has 0 heterocycles. The summed E-state index contributed by atoms with van der Waals surface area (Å²) in [6.07, 6.45) is 1.43. The number of methoxy groups -OCH3 is 1. The molecule has 17 heavy (non-hydrogen) atoms. The molecule has 0 saturated heterocycles. The van der Waals surface area contributed by atoms with Gasteiger partial charge in [0.2, 0.25) is 0 Å². The topological polar surface area (TPSA) is 58.6 Å². The molecule has 0 spiro atoms. The van der Waals surface area contributed by atoms with Crippen LogP contribution in [-0.4, -0.2) is 31.3 Å². The van der Waals surface area contributed by atoms with Crippen LogP contribution in [0.15, 0.2) is 18.2 Å². The lowest BCUT2D eigenvalue weighted by molar-refractivity contribution is 0.0948. The summed E-state index contributed by atoms with van der Waals surface area (Å²) in [7, 11) is 1.55. The van der Waals surface area contributed by atoms with Gasteiger partial charge >= 0.3 is 0 Å². The van der Waals surface area contributed by atoms with E-state index in [9.17, 15) is 4.79 Å². The molecule has 0 unspecified atom stereocenters. The first-order valence-electron chi connectivity index (χ1n) is 5.78. The highest BCUT2D eigenvalue weighted by molar-refractivity contribution is 5.97. The molecule has 1 amide bonds. The minimum atomic E-state index is -0.161. The Hall–Kier alpha value is -1.55. The van der Waals surface area contributed by atoms with Crippen LogP contribution in [-0.2, 0) is 6.42 Å². The van der Waals surface area contributed by atoms with Gasteiger partial charge in [-0.25, -0.2) is 0 Å². The van der Waals surface area contributed by atoms with Crippen LogP contribution in [0.3, 0.4) is 0 Å². The number of aliphatic hydroxyl groups is 1. The van der Waals surface area contributed by atoms with Crippen LogP contribution in [0, 0.1) is 0 Å². The third-order valence-electron chi connectivity index (χ3n) is 2.54. The van der Waals surface area contributed by atoms with Crippen LogP contribution in [0.4, 0.5) is 0 Å². The molecule has 0 atom stereocenters. The van der Waals surface area contributed by atoms with Gasteiger partial charge in [-0.3, -0.25) is 4.79 Å². The minimum Gasteiger partial charge on any atom is -0.496 e.